The topological polar surface area (TPSA) is 53.8 Å². The highest BCUT2D eigenvalue weighted by Gasteiger charge is 2.26. The van der Waals surface area contributed by atoms with Gasteiger partial charge in [-0.3, -0.25) is 9.59 Å². The molecule has 6 heteroatoms. The van der Waals surface area contributed by atoms with Gasteiger partial charge < -0.3 is 14.2 Å². The number of benzene rings is 1. The number of furan rings is 1. The lowest BCUT2D eigenvalue weighted by Crippen LogP contribution is -2.50. The van der Waals surface area contributed by atoms with Crippen molar-refractivity contribution in [3.63, 3.8) is 0 Å². The summed E-state index contributed by atoms with van der Waals surface area (Å²) in [6.45, 7) is 4.18. The predicted octanol–water partition coefficient (Wildman–Crippen LogP) is 3.41. The number of hydrogen-bond acceptors (Lipinski definition) is 3. The van der Waals surface area contributed by atoms with Gasteiger partial charge in [-0.2, -0.15) is 0 Å². The first-order valence-corrected chi connectivity index (χ1v) is 8.78. The summed E-state index contributed by atoms with van der Waals surface area (Å²) in [7, 11) is 0. The Hall–Kier alpha value is -2.27. The standard InChI is InChI=1S/C19H21ClN2O3/c1-14(15-4-2-5-16(20)13-15)12-18(23)21-7-9-22(10-8-21)19(24)17-6-3-11-25-17/h2-6,11,13-14H,7-10,12H2,1H3. The van der Waals surface area contributed by atoms with Crippen molar-refractivity contribution in [2.75, 3.05) is 26.2 Å². The number of carbonyl (C=O) groups is 2. The maximum Gasteiger partial charge on any atom is 0.289 e. The minimum absolute atomic E-state index is 0.106. The molecule has 2 heterocycles. The predicted molar refractivity (Wildman–Crippen MR) is 95.7 cm³/mol. The van der Waals surface area contributed by atoms with E-state index in [1.165, 1.54) is 6.26 Å². The van der Waals surface area contributed by atoms with E-state index in [2.05, 4.69) is 0 Å². The molecule has 0 saturated carbocycles. The molecule has 1 aliphatic heterocycles. The zero-order chi connectivity index (χ0) is 17.8. The fourth-order valence-electron chi connectivity index (χ4n) is 3.04. The van der Waals surface area contributed by atoms with Crippen LogP contribution in [0.3, 0.4) is 0 Å². The number of amides is 2. The normalized spacial score (nSPS) is 15.9. The summed E-state index contributed by atoms with van der Waals surface area (Å²) in [5.74, 6) is 0.435. The Labute approximate surface area is 152 Å². The summed E-state index contributed by atoms with van der Waals surface area (Å²) >= 11 is 6.02. The number of carbonyl (C=O) groups excluding carboxylic acids is 2. The van der Waals surface area contributed by atoms with E-state index < -0.39 is 0 Å². The molecule has 0 spiro atoms. The van der Waals surface area contributed by atoms with E-state index in [1.807, 2.05) is 36.1 Å². The van der Waals surface area contributed by atoms with Crippen LogP contribution in [-0.2, 0) is 4.79 Å². The van der Waals surface area contributed by atoms with Gasteiger partial charge in [0, 0.05) is 37.6 Å². The molecule has 0 aliphatic carbocycles. The van der Waals surface area contributed by atoms with E-state index in [4.69, 9.17) is 16.0 Å². The molecule has 1 aromatic heterocycles. The molecule has 2 aromatic rings. The molecule has 1 fully saturated rings. The van der Waals surface area contributed by atoms with Crippen molar-refractivity contribution in [1.82, 2.24) is 9.80 Å². The van der Waals surface area contributed by atoms with Gasteiger partial charge in [-0.15, -0.1) is 0 Å². The second-order valence-corrected chi connectivity index (χ2v) is 6.75. The van der Waals surface area contributed by atoms with E-state index in [0.29, 0.717) is 43.4 Å². The van der Waals surface area contributed by atoms with Crippen LogP contribution in [0, 0.1) is 0 Å². The minimum Gasteiger partial charge on any atom is -0.459 e. The first-order valence-electron chi connectivity index (χ1n) is 8.40. The molecular formula is C19H21ClN2O3. The molecule has 132 valence electrons. The van der Waals surface area contributed by atoms with Crippen LogP contribution in [0.15, 0.2) is 47.1 Å². The van der Waals surface area contributed by atoms with Crippen LogP contribution < -0.4 is 0 Å². The van der Waals surface area contributed by atoms with E-state index in [0.717, 1.165) is 5.56 Å². The van der Waals surface area contributed by atoms with Crippen molar-refractivity contribution in [3.05, 3.63) is 59.0 Å². The molecule has 2 amide bonds. The monoisotopic (exact) mass is 360 g/mol. The molecule has 1 unspecified atom stereocenters. The highest BCUT2D eigenvalue weighted by molar-refractivity contribution is 6.30. The molecule has 25 heavy (non-hydrogen) atoms. The second-order valence-electron chi connectivity index (χ2n) is 6.31. The van der Waals surface area contributed by atoms with Crippen molar-refractivity contribution in [2.24, 2.45) is 0 Å². The van der Waals surface area contributed by atoms with Crippen LogP contribution >= 0.6 is 11.6 Å². The first kappa shape index (κ1) is 17.5. The summed E-state index contributed by atoms with van der Waals surface area (Å²) in [5.41, 5.74) is 1.06. The van der Waals surface area contributed by atoms with Gasteiger partial charge in [0.05, 0.1) is 6.26 Å². The smallest absolute Gasteiger partial charge is 0.289 e. The van der Waals surface area contributed by atoms with Crippen LogP contribution in [-0.4, -0.2) is 47.8 Å². The summed E-state index contributed by atoms with van der Waals surface area (Å²) in [6, 6.07) is 11.0. The van der Waals surface area contributed by atoms with E-state index in [-0.39, 0.29) is 17.7 Å². The van der Waals surface area contributed by atoms with Crippen LogP contribution in [0.5, 0.6) is 0 Å². The third-order valence-corrected chi connectivity index (χ3v) is 4.79. The number of nitrogens with zero attached hydrogens (tertiary/aromatic N) is 2. The van der Waals surface area contributed by atoms with Crippen molar-refractivity contribution in [2.45, 2.75) is 19.3 Å². The zero-order valence-electron chi connectivity index (χ0n) is 14.2. The number of piperazine rings is 1. The Morgan fingerprint density at radius 1 is 1.12 bits per heavy atom. The fourth-order valence-corrected chi connectivity index (χ4v) is 3.24. The largest absolute Gasteiger partial charge is 0.459 e. The van der Waals surface area contributed by atoms with Gasteiger partial charge in [0.1, 0.15) is 0 Å². The fraction of sp³-hybridized carbons (Fsp3) is 0.368. The van der Waals surface area contributed by atoms with E-state index >= 15 is 0 Å². The summed E-state index contributed by atoms with van der Waals surface area (Å²) in [4.78, 5) is 28.3. The van der Waals surface area contributed by atoms with Crippen molar-refractivity contribution >= 4 is 23.4 Å². The number of rotatable bonds is 4. The van der Waals surface area contributed by atoms with Crippen LogP contribution in [0.2, 0.25) is 5.02 Å². The van der Waals surface area contributed by atoms with E-state index in [9.17, 15) is 9.59 Å². The highest BCUT2D eigenvalue weighted by atomic mass is 35.5. The molecule has 1 atom stereocenters. The highest BCUT2D eigenvalue weighted by Crippen LogP contribution is 2.23. The SMILES string of the molecule is CC(CC(=O)N1CCN(C(=O)c2ccco2)CC1)c1cccc(Cl)c1. The van der Waals surface area contributed by atoms with Crippen molar-refractivity contribution < 1.29 is 14.0 Å². The molecule has 0 N–H and O–H groups in total. The van der Waals surface area contributed by atoms with Gasteiger partial charge in [0.25, 0.3) is 5.91 Å². The van der Waals surface area contributed by atoms with Gasteiger partial charge in [0.15, 0.2) is 5.76 Å². The van der Waals surface area contributed by atoms with Crippen molar-refractivity contribution in [1.29, 1.82) is 0 Å². The quantitative estimate of drug-likeness (QED) is 0.839. The lowest BCUT2D eigenvalue weighted by Gasteiger charge is -2.34. The van der Waals surface area contributed by atoms with Gasteiger partial charge in [-0.05, 0) is 35.7 Å². The van der Waals surface area contributed by atoms with E-state index in [1.54, 1.807) is 17.0 Å². The third kappa shape index (κ3) is 4.23. The minimum atomic E-state index is -0.121. The molecule has 3 rings (SSSR count). The summed E-state index contributed by atoms with van der Waals surface area (Å²) < 4.78 is 5.15. The summed E-state index contributed by atoms with van der Waals surface area (Å²) in [6.07, 6.45) is 1.93. The Bertz CT molecular complexity index is 737. The Morgan fingerprint density at radius 3 is 2.48 bits per heavy atom. The Balaban J connectivity index is 1.52. The maximum atomic E-state index is 12.5. The molecule has 5 nitrogen and oxygen atoms in total. The zero-order valence-corrected chi connectivity index (χ0v) is 14.9. The lowest BCUT2D eigenvalue weighted by molar-refractivity contribution is -0.133. The summed E-state index contributed by atoms with van der Waals surface area (Å²) in [5, 5.41) is 0.682. The van der Waals surface area contributed by atoms with Gasteiger partial charge >= 0.3 is 0 Å². The number of hydrogen-bond donors (Lipinski definition) is 0. The van der Waals surface area contributed by atoms with Gasteiger partial charge in [0.2, 0.25) is 5.91 Å². The maximum absolute atomic E-state index is 12.5. The molecule has 1 aromatic carbocycles. The third-order valence-electron chi connectivity index (χ3n) is 4.55. The van der Waals surface area contributed by atoms with Gasteiger partial charge in [-0.1, -0.05) is 30.7 Å². The van der Waals surface area contributed by atoms with Crippen LogP contribution in [0.1, 0.15) is 35.4 Å². The molecular weight excluding hydrogens is 340 g/mol. The van der Waals surface area contributed by atoms with Crippen molar-refractivity contribution in [3.8, 4) is 0 Å². The van der Waals surface area contributed by atoms with Crippen LogP contribution in [0.4, 0.5) is 0 Å². The average molecular weight is 361 g/mol. The van der Waals surface area contributed by atoms with Crippen LogP contribution in [0.25, 0.3) is 0 Å². The first-order chi connectivity index (χ1) is 12.0. The van der Waals surface area contributed by atoms with Gasteiger partial charge in [-0.25, -0.2) is 0 Å². The lowest BCUT2D eigenvalue weighted by atomic mass is 9.97. The second kappa shape index (κ2) is 7.74. The Morgan fingerprint density at radius 2 is 1.84 bits per heavy atom. The molecule has 0 bridgehead atoms. The Kier molecular flexibility index (Phi) is 5.43. The molecule has 0 radical (unpaired) electrons. The number of halogens is 1. The molecule has 1 aliphatic rings. The molecule has 1 saturated heterocycles. The average Bonchev–Trinajstić information content (AvgIpc) is 3.16.